The Balaban J connectivity index is 1.31. The summed E-state index contributed by atoms with van der Waals surface area (Å²) in [7, 11) is 0. The van der Waals surface area contributed by atoms with Crippen molar-refractivity contribution in [3.8, 4) is 11.5 Å². The molecule has 1 atom stereocenters. The zero-order chi connectivity index (χ0) is 21.2. The minimum atomic E-state index is -0.0782. The van der Waals surface area contributed by atoms with Crippen LogP contribution < -0.4 is 0 Å². The molecule has 3 aromatic heterocycles. The lowest BCUT2D eigenvalue weighted by Crippen LogP contribution is -2.28. The predicted octanol–water partition coefficient (Wildman–Crippen LogP) is 5.64. The van der Waals surface area contributed by atoms with Gasteiger partial charge in [0.2, 0.25) is 5.89 Å². The van der Waals surface area contributed by atoms with Crippen molar-refractivity contribution in [2.45, 2.75) is 24.6 Å². The minimum absolute atomic E-state index is 0.0737. The number of aromatic nitrogens is 2. The van der Waals surface area contributed by atoms with E-state index in [0.717, 1.165) is 33.0 Å². The van der Waals surface area contributed by atoms with Gasteiger partial charge in [0.25, 0.3) is 11.1 Å². The van der Waals surface area contributed by atoms with E-state index in [0.29, 0.717) is 11.1 Å². The minimum Gasteiger partial charge on any atom is -0.411 e. The largest absolute Gasteiger partial charge is 0.411 e. The topological polar surface area (TPSA) is 71.6 Å². The van der Waals surface area contributed by atoms with Crippen molar-refractivity contribution in [2.24, 2.45) is 5.10 Å². The number of amides is 1. The standard InChI is InChI=1S/C22H18N4O2S3/c1-14-6-2-3-7-15(14)21-23-24-22(28-21)31-13-20(27)26-17(19-9-5-11-30-19)12-16(25-26)18-8-4-10-29-18/h2-11,17H,12-13H2,1H3/t17-/m1/s1. The molecule has 0 N–H and O–H groups in total. The second kappa shape index (κ2) is 8.78. The van der Waals surface area contributed by atoms with E-state index in [1.54, 1.807) is 27.7 Å². The van der Waals surface area contributed by atoms with E-state index in [4.69, 9.17) is 4.42 Å². The van der Waals surface area contributed by atoms with Gasteiger partial charge in [0, 0.05) is 16.9 Å². The second-order valence-electron chi connectivity index (χ2n) is 6.97. The molecule has 0 aliphatic carbocycles. The molecule has 1 aromatic carbocycles. The molecular weight excluding hydrogens is 448 g/mol. The predicted molar refractivity (Wildman–Crippen MR) is 125 cm³/mol. The lowest BCUT2D eigenvalue weighted by atomic mass is 10.1. The molecule has 9 heteroatoms. The van der Waals surface area contributed by atoms with Crippen LogP contribution in [-0.2, 0) is 4.79 Å². The molecule has 1 aliphatic rings. The van der Waals surface area contributed by atoms with Crippen LogP contribution in [0.2, 0.25) is 0 Å². The number of aryl methyl sites for hydroxylation is 1. The number of benzene rings is 1. The van der Waals surface area contributed by atoms with Gasteiger partial charge in [0.05, 0.1) is 22.4 Å². The van der Waals surface area contributed by atoms with Crippen molar-refractivity contribution >= 4 is 46.1 Å². The summed E-state index contributed by atoms with van der Waals surface area (Å²) in [4.78, 5) is 15.3. The Bertz CT molecular complexity index is 1220. The Kier molecular flexibility index (Phi) is 5.71. The van der Waals surface area contributed by atoms with Crippen LogP contribution in [0.4, 0.5) is 0 Å². The number of carbonyl (C=O) groups excluding carboxylic acids is 1. The molecule has 31 heavy (non-hydrogen) atoms. The molecule has 0 bridgehead atoms. The highest BCUT2D eigenvalue weighted by Gasteiger charge is 2.34. The van der Waals surface area contributed by atoms with Gasteiger partial charge in [-0.2, -0.15) is 5.10 Å². The van der Waals surface area contributed by atoms with Gasteiger partial charge in [-0.25, -0.2) is 5.01 Å². The van der Waals surface area contributed by atoms with Crippen molar-refractivity contribution in [3.63, 3.8) is 0 Å². The first-order valence-electron chi connectivity index (χ1n) is 9.68. The molecule has 0 fully saturated rings. The van der Waals surface area contributed by atoms with Gasteiger partial charge in [-0.05, 0) is 41.4 Å². The van der Waals surface area contributed by atoms with Crippen LogP contribution in [0.25, 0.3) is 11.5 Å². The van der Waals surface area contributed by atoms with Gasteiger partial charge in [0.15, 0.2) is 0 Å². The Morgan fingerprint density at radius 1 is 1.13 bits per heavy atom. The van der Waals surface area contributed by atoms with E-state index in [2.05, 4.69) is 21.4 Å². The smallest absolute Gasteiger partial charge is 0.277 e. The maximum Gasteiger partial charge on any atom is 0.277 e. The van der Waals surface area contributed by atoms with Crippen LogP contribution in [0.1, 0.15) is 27.8 Å². The van der Waals surface area contributed by atoms with Crippen LogP contribution in [0, 0.1) is 6.92 Å². The Labute approximate surface area is 191 Å². The van der Waals surface area contributed by atoms with E-state index in [9.17, 15) is 4.79 Å². The quantitative estimate of drug-likeness (QED) is 0.344. The van der Waals surface area contributed by atoms with Crippen molar-refractivity contribution < 1.29 is 9.21 Å². The summed E-state index contributed by atoms with van der Waals surface area (Å²) in [5.41, 5.74) is 2.91. The van der Waals surface area contributed by atoms with Crippen molar-refractivity contribution in [3.05, 3.63) is 74.6 Å². The summed E-state index contributed by atoms with van der Waals surface area (Å²) in [6.45, 7) is 2.00. The summed E-state index contributed by atoms with van der Waals surface area (Å²) in [5.74, 6) is 0.563. The number of thiophene rings is 2. The normalized spacial score (nSPS) is 16.0. The van der Waals surface area contributed by atoms with Crippen LogP contribution in [0.3, 0.4) is 0 Å². The maximum absolute atomic E-state index is 13.1. The highest BCUT2D eigenvalue weighted by molar-refractivity contribution is 7.99. The summed E-state index contributed by atoms with van der Waals surface area (Å²) in [6, 6.07) is 15.9. The van der Waals surface area contributed by atoms with E-state index in [-0.39, 0.29) is 17.7 Å². The van der Waals surface area contributed by atoms with Crippen LogP contribution >= 0.6 is 34.4 Å². The Hall–Kier alpha value is -2.75. The molecule has 4 heterocycles. The second-order valence-corrected chi connectivity index (χ2v) is 9.83. The monoisotopic (exact) mass is 466 g/mol. The molecule has 0 unspecified atom stereocenters. The lowest BCUT2D eigenvalue weighted by molar-refractivity contribution is -0.130. The fourth-order valence-corrected chi connectivity index (χ4v) is 5.56. The third-order valence-electron chi connectivity index (χ3n) is 4.94. The van der Waals surface area contributed by atoms with E-state index >= 15 is 0 Å². The van der Waals surface area contributed by atoms with Gasteiger partial charge in [-0.1, -0.05) is 42.1 Å². The number of rotatable bonds is 6. The number of hydrogen-bond acceptors (Lipinski definition) is 8. The Morgan fingerprint density at radius 3 is 2.74 bits per heavy atom. The fraction of sp³-hybridized carbons (Fsp3) is 0.182. The number of hydrazone groups is 1. The SMILES string of the molecule is Cc1ccccc1-c1nnc(SCC(=O)N2N=C(c3cccs3)C[C@@H]2c2cccs2)o1. The van der Waals surface area contributed by atoms with Crippen molar-refractivity contribution in [1.82, 2.24) is 15.2 Å². The molecule has 1 amide bonds. The van der Waals surface area contributed by atoms with Gasteiger partial charge in [-0.15, -0.1) is 32.9 Å². The first-order valence-corrected chi connectivity index (χ1v) is 12.4. The zero-order valence-electron chi connectivity index (χ0n) is 16.6. The Morgan fingerprint density at radius 2 is 1.97 bits per heavy atom. The fourth-order valence-electron chi connectivity index (χ4n) is 3.41. The van der Waals surface area contributed by atoms with Gasteiger partial charge < -0.3 is 4.42 Å². The molecule has 5 rings (SSSR count). The highest BCUT2D eigenvalue weighted by atomic mass is 32.2. The molecule has 0 spiro atoms. The molecule has 0 saturated heterocycles. The van der Waals surface area contributed by atoms with E-state index in [1.807, 2.05) is 60.1 Å². The van der Waals surface area contributed by atoms with Crippen LogP contribution in [0.5, 0.6) is 0 Å². The first kappa shape index (κ1) is 20.2. The number of thioether (sulfide) groups is 1. The molecule has 0 saturated carbocycles. The maximum atomic E-state index is 13.1. The van der Waals surface area contributed by atoms with Gasteiger partial charge in [-0.3, -0.25) is 4.79 Å². The number of carbonyl (C=O) groups is 1. The average Bonchev–Trinajstić information content (AvgIpc) is 3.57. The van der Waals surface area contributed by atoms with Crippen LogP contribution in [-0.4, -0.2) is 32.6 Å². The number of hydrogen-bond donors (Lipinski definition) is 0. The lowest BCUT2D eigenvalue weighted by Gasteiger charge is -2.20. The average molecular weight is 467 g/mol. The molecule has 156 valence electrons. The molecular formula is C22H18N4O2S3. The van der Waals surface area contributed by atoms with Crippen molar-refractivity contribution in [2.75, 3.05) is 5.75 Å². The summed E-state index contributed by atoms with van der Waals surface area (Å²) in [5, 5.41) is 19.0. The van der Waals surface area contributed by atoms with E-state index in [1.165, 1.54) is 11.8 Å². The van der Waals surface area contributed by atoms with Crippen molar-refractivity contribution in [1.29, 1.82) is 0 Å². The first-order chi connectivity index (χ1) is 15.2. The van der Waals surface area contributed by atoms with Gasteiger partial charge in [0.1, 0.15) is 0 Å². The summed E-state index contributed by atoms with van der Waals surface area (Å²) in [6.07, 6.45) is 0.718. The third kappa shape index (κ3) is 4.21. The molecule has 4 aromatic rings. The highest BCUT2D eigenvalue weighted by Crippen LogP contribution is 2.36. The number of nitrogens with zero attached hydrogens (tertiary/aromatic N) is 4. The zero-order valence-corrected chi connectivity index (χ0v) is 19.0. The molecule has 6 nitrogen and oxygen atoms in total. The summed E-state index contributed by atoms with van der Waals surface area (Å²) >= 11 is 4.53. The summed E-state index contributed by atoms with van der Waals surface area (Å²) < 4.78 is 5.78. The van der Waals surface area contributed by atoms with E-state index < -0.39 is 0 Å². The molecule has 0 radical (unpaired) electrons. The van der Waals surface area contributed by atoms with Crippen LogP contribution in [0.15, 0.2) is 74.0 Å². The van der Waals surface area contributed by atoms with Gasteiger partial charge >= 0.3 is 0 Å². The molecule has 1 aliphatic heterocycles. The third-order valence-corrected chi connectivity index (χ3v) is 7.64.